The minimum atomic E-state index is -0.930. The zero-order valence-corrected chi connectivity index (χ0v) is 25.7. The van der Waals surface area contributed by atoms with Crippen LogP contribution in [0.15, 0.2) is 140 Å². The molecule has 0 saturated carbocycles. The first-order valence-electron chi connectivity index (χ1n) is 14.5. The third-order valence-electron chi connectivity index (χ3n) is 7.41. The van der Waals surface area contributed by atoms with E-state index in [2.05, 4.69) is 104 Å². The Bertz CT molecular complexity index is 1610. The maximum Gasteiger partial charge on any atom is 0.310 e. The molecule has 2 amide bonds. The minimum Gasteiger partial charge on any atom is -0.344 e. The van der Waals surface area contributed by atoms with E-state index in [1.807, 2.05) is 66.7 Å². The number of rotatable bonds is 8. The van der Waals surface area contributed by atoms with Gasteiger partial charge in [0.05, 0.1) is 6.04 Å². The van der Waals surface area contributed by atoms with Crippen LogP contribution in [-0.2, 0) is 21.5 Å². The molecule has 4 nitrogen and oxygen atoms in total. The SMILES string of the molecule is CC(C)(C)c1ccc(CNC(=O)C(=O)N[C@H](c2ccccc2)c2ccccc2P(c2ccccc2)c2ccccc2)cc1. The Labute approximate surface area is 256 Å². The van der Waals surface area contributed by atoms with Crippen LogP contribution in [0.25, 0.3) is 0 Å². The van der Waals surface area contributed by atoms with Crippen molar-refractivity contribution in [1.29, 1.82) is 0 Å². The van der Waals surface area contributed by atoms with E-state index in [4.69, 9.17) is 0 Å². The second-order valence-corrected chi connectivity index (χ2v) is 13.7. The maximum atomic E-state index is 13.4. The molecule has 0 saturated heterocycles. The van der Waals surface area contributed by atoms with E-state index >= 15 is 0 Å². The van der Waals surface area contributed by atoms with Gasteiger partial charge in [-0.1, -0.05) is 160 Å². The second kappa shape index (κ2) is 13.6. The topological polar surface area (TPSA) is 58.2 Å². The molecule has 0 aromatic heterocycles. The summed E-state index contributed by atoms with van der Waals surface area (Å²) in [5.74, 6) is -1.33. The third kappa shape index (κ3) is 7.46. The van der Waals surface area contributed by atoms with Crippen LogP contribution in [0.1, 0.15) is 49.1 Å². The predicted molar refractivity (Wildman–Crippen MR) is 179 cm³/mol. The molecular formula is C38H37N2O2P. The lowest BCUT2D eigenvalue weighted by molar-refractivity contribution is -0.139. The lowest BCUT2D eigenvalue weighted by Gasteiger charge is -2.27. The molecule has 43 heavy (non-hydrogen) atoms. The van der Waals surface area contributed by atoms with E-state index in [0.29, 0.717) is 0 Å². The molecule has 5 heteroatoms. The van der Waals surface area contributed by atoms with Gasteiger partial charge in [-0.25, -0.2) is 0 Å². The molecule has 0 radical (unpaired) electrons. The van der Waals surface area contributed by atoms with E-state index in [0.717, 1.165) is 22.0 Å². The molecule has 5 aromatic rings. The Morgan fingerprint density at radius 3 is 1.70 bits per heavy atom. The molecule has 0 aliphatic heterocycles. The van der Waals surface area contributed by atoms with Crippen LogP contribution in [0.3, 0.4) is 0 Å². The minimum absolute atomic E-state index is 0.0474. The molecule has 0 unspecified atom stereocenters. The highest BCUT2D eigenvalue weighted by Crippen LogP contribution is 2.36. The van der Waals surface area contributed by atoms with Crippen LogP contribution >= 0.6 is 7.92 Å². The summed E-state index contributed by atoms with van der Waals surface area (Å²) in [6, 6.07) is 46.6. The molecular weight excluding hydrogens is 547 g/mol. The first-order valence-corrected chi connectivity index (χ1v) is 15.9. The van der Waals surface area contributed by atoms with Gasteiger partial charge >= 0.3 is 11.8 Å². The first-order chi connectivity index (χ1) is 20.8. The van der Waals surface area contributed by atoms with Crippen molar-refractivity contribution in [3.8, 4) is 0 Å². The van der Waals surface area contributed by atoms with Crippen molar-refractivity contribution < 1.29 is 9.59 Å². The molecule has 0 spiro atoms. The van der Waals surface area contributed by atoms with Crippen molar-refractivity contribution in [3.63, 3.8) is 0 Å². The Kier molecular flexibility index (Phi) is 9.49. The molecule has 5 aromatic carbocycles. The summed E-state index contributed by atoms with van der Waals surface area (Å²) in [6.45, 7) is 6.77. The molecule has 0 aliphatic rings. The maximum absolute atomic E-state index is 13.4. The van der Waals surface area contributed by atoms with Crippen molar-refractivity contribution in [2.75, 3.05) is 0 Å². The van der Waals surface area contributed by atoms with Gasteiger partial charge in [-0.05, 0) is 51.5 Å². The molecule has 0 fully saturated rings. The van der Waals surface area contributed by atoms with Gasteiger partial charge in [0, 0.05) is 6.54 Å². The molecule has 0 bridgehead atoms. The van der Waals surface area contributed by atoms with Crippen molar-refractivity contribution in [3.05, 3.63) is 162 Å². The molecule has 2 N–H and O–H groups in total. The van der Waals surface area contributed by atoms with Crippen LogP contribution in [0, 0.1) is 0 Å². The number of carbonyl (C=O) groups is 2. The molecule has 0 heterocycles. The van der Waals surface area contributed by atoms with Gasteiger partial charge in [-0.2, -0.15) is 0 Å². The number of hydrogen-bond acceptors (Lipinski definition) is 2. The lowest BCUT2D eigenvalue weighted by Crippen LogP contribution is -2.42. The summed E-state index contributed by atoms with van der Waals surface area (Å²) in [6.07, 6.45) is 0. The first kappa shape index (κ1) is 29.9. The summed E-state index contributed by atoms with van der Waals surface area (Å²) >= 11 is 0. The predicted octanol–water partition coefficient (Wildman–Crippen LogP) is 6.26. The van der Waals surface area contributed by atoms with Crippen LogP contribution in [0.2, 0.25) is 0 Å². The van der Waals surface area contributed by atoms with Gasteiger partial charge in [0.25, 0.3) is 0 Å². The average Bonchev–Trinajstić information content (AvgIpc) is 3.04. The summed E-state index contributed by atoms with van der Waals surface area (Å²) in [7, 11) is -0.930. The van der Waals surface area contributed by atoms with E-state index < -0.39 is 25.8 Å². The zero-order valence-electron chi connectivity index (χ0n) is 24.8. The Balaban J connectivity index is 1.44. The van der Waals surface area contributed by atoms with Gasteiger partial charge < -0.3 is 10.6 Å². The number of carbonyl (C=O) groups excluding carboxylic acids is 2. The van der Waals surface area contributed by atoms with Crippen LogP contribution < -0.4 is 26.5 Å². The average molecular weight is 585 g/mol. The standard InChI is InChI=1S/C38H37N2O2P/c1-38(2,3)30-25-23-28(24-26-30)27-39-36(41)37(42)40-35(29-15-7-4-8-16-29)33-21-13-14-22-34(33)43(31-17-9-5-10-18-31)32-19-11-6-12-20-32/h4-26,35H,27H2,1-3H3,(H,39,41)(H,40,42)/t35-/m1/s1. The van der Waals surface area contributed by atoms with Crippen LogP contribution in [0.5, 0.6) is 0 Å². The van der Waals surface area contributed by atoms with Crippen molar-refractivity contribution in [2.45, 2.75) is 38.8 Å². The van der Waals surface area contributed by atoms with E-state index in [1.54, 1.807) is 0 Å². The molecule has 0 aliphatic carbocycles. The second-order valence-electron chi connectivity index (χ2n) is 11.5. The van der Waals surface area contributed by atoms with Crippen molar-refractivity contribution in [1.82, 2.24) is 10.6 Å². The molecule has 1 atom stereocenters. The number of amides is 2. The van der Waals surface area contributed by atoms with Gasteiger partial charge in [-0.15, -0.1) is 0 Å². The van der Waals surface area contributed by atoms with E-state index in [1.165, 1.54) is 16.2 Å². The van der Waals surface area contributed by atoms with Gasteiger partial charge in [0.15, 0.2) is 0 Å². The van der Waals surface area contributed by atoms with Gasteiger partial charge in [0.2, 0.25) is 0 Å². The quantitative estimate of drug-likeness (QED) is 0.167. The van der Waals surface area contributed by atoms with Crippen LogP contribution in [0.4, 0.5) is 0 Å². The Hall–Kier alpha value is -4.53. The van der Waals surface area contributed by atoms with Crippen molar-refractivity contribution >= 4 is 35.6 Å². The molecule has 216 valence electrons. The Morgan fingerprint density at radius 2 is 1.14 bits per heavy atom. The fraction of sp³-hybridized carbons (Fsp3) is 0.158. The van der Waals surface area contributed by atoms with Crippen molar-refractivity contribution in [2.24, 2.45) is 0 Å². The Morgan fingerprint density at radius 1 is 0.628 bits per heavy atom. The zero-order chi connectivity index (χ0) is 30.2. The lowest BCUT2D eigenvalue weighted by atomic mass is 9.87. The monoisotopic (exact) mass is 584 g/mol. The smallest absolute Gasteiger partial charge is 0.310 e. The number of nitrogens with one attached hydrogen (secondary N) is 2. The van der Waals surface area contributed by atoms with E-state index in [9.17, 15) is 9.59 Å². The third-order valence-corrected chi connectivity index (χ3v) is 9.92. The highest BCUT2D eigenvalue weighted by Gasteiger charge is 2.27. The van der Waals surface area contributed by atoms with E-state index in [-0.39, 0.29) is 12.0 Å². The highest BCUT2D eigenvalue weighted by molar-refractivity contribution is 7.79. The fourth-order valence-electron chi connectivity index (χ4n) is 5.08. The van der Waals surface area contributed by atoms with Gasteiger partial charge in [0.1, 0.15) is 0 Å². The summed E-state index contributed by atoms with van der Waals surface area (Å²) in [5, 5.41) is 9.43. The highest BCUT2D eigenvalue weighted by atomic mass is 31.1. The summed E-state index contributed by atoms with van der Waals surface area (Å²) in [4.78, 5) is 26.5. The normalized spacial score (nSPS) is 12.0. The molecule has 5 rings (SSSR count). The number of hydrogen-bond donors (Lipinski definition) is 2. The fourth-order valence-corrected chi connectivity index (χ4v) is 7.58. The summed E-state index contributed by atoms with van der Waals surface area (Å²) < 4.78 is 0. The van der Waals surface area contributed by atoms with Crippen LogP contribution in [-0.4, -0.2) is 11.8 Å². The number of benzene rings is 5. The summed E-state index contributed by atoms with van der Waals surface area (Å²) in [5.41, 5.74) is 4.08. The largest absolute Gasteiger partial charge is 0.344 e. The van der Waals surface area contributed by atoms with Gasteiger partial charge in [-0.3, -0.25) is 9.59 Å².